The van der Waals surface area contributed by atoms with Crippen LogP contribution in [0.5, 0.6) is 0 Å². The third-order valence-electron chi connectivity index (χ3n) is 7.24. The lowest BCUT2D eigenvalue weighted by Crippen LogP contribution is -2.54. The number of rotatable bonds is 6. The summed E-state index contributed by atoms with van der Waals surface area (Å²) in [5.41, 5.74) is 3.77. The van der Waals surface area contributed by atoms with Crippen molar-refractivity contribution in [3.05, 3.63) is 76.5 Å². The van der Waals surface area contributed by atoms with Crippen molar-refractivity contribution >= 4 is 17.9 Å². The second-order valence-electron chi connectivity index (χ2n) is 9.91. The van der Waals surface area contributed by atoms with Gasteiger partial charge in [0.05, 0.1) is 12.1 Å². The van der Waals surface area contributed by atoms with Gasteiger partial charge in [0, 0.05) is 25.3 Å². The molecule has 0 bridgehead atoms. The minimum absolute atomic E-state index is 0.0281. The summed E-state index contributed by atoms with van der Waals surface area (Å²) in [4.78, 5) is 28.0. The lowest BCUT2D eigenvalue weighted by atomic mass is 9.89. The molecule has 6 heteroatoms. The van der Waals surface area contributed by atoms with Crippen molar-refractivity contribution in [1.82, 2.24) is 10.2 Å². The lowest BCUT2D eigenvalue weighted by molar-refractivity contribution is -0.149. The largest absolute Gasteiger partial charge is 0.482 e. The van der Waals surface area contributed by atoms with Crippen LogP contribution in [0.3, 0.4) is 0 Å². The zero-order valence-electron chi connectivity index (χ0n) is 20.4. The molecule has 3 aliphatic rings. The van der Waals surface area contributed by atoms with E-state index in [9.17, 15) is 9.59 Å². The number of nitrogens with one attached hydrogen (secondary N) is 1. The Kier molecular flexibility index (Phi) is 7.19. The molecule has 0 radical (unpaired) electrons. The van der Waals surface area contributed by atoms with Gasteiger partial charge in [0.1, 0.15) is 6.10 Å². The van der Waals surface area contributed by atoms with Gasteiger partial charge in [0.15, 0.2) is 5.76 Å². The molecule has 1 saturated carbocycles. The van der Waals surface area contributed by atoms with E-state index in [2.05, 4.69) is 30.4 Å². The highest BCUT2D eigenvalue weighted by atomic mass is 16.5. The molecule has 35 heavy (non-hydrogen) atoms. The Balaban J connectivity index is 1.30. The summed E-state index contributed by atoms with van der Waals surface area (Å²) in [6, 6.07) is 15.8. The van der Waals surface area contributed by atoms with Crippen molar-refractivity contribution in [3.63, 3.8) is 0 Å². The molecular formula is C29H34N2O4. The van der Waals surface area contributed by atoms with Crippen LogP contribution in [-0.2, 0) is 20.8 Å². The molecule has 6 nitrogen and oxygen atoms in total. The Morgan fingerprint density at radius 3 is 2.69 bits per heavy atom. The van der Waals surface area contributed by atoms with Crippen LogP contribution in [0.2, 0.25) is 0 Å². The van der Waals surface area contributed by atoms with E-state index in [-0.39, 0.29) is 30.1 Å². The van der Waals surface area contributed by atoms with E-state index in [4.69, 9.17) is 9.47 Å². The van der Waals surface area contributed by atoms with Crippen LogP contribution in [0.1, 0.15) is 65.6 Å². The summed E-state index contributed by atoms with van der Waals surface area (Å²) in [7, 11) is 0. The maximum Gasteiger partial charge on any atom is 0.289 e. The van der Waals surface area contributed by atoms with Crippen LogP contribution < -0.4 is 5.32 Å². The van der Waals surface area contributed by atoms with E-state index in [1.165, 1.54) is 5.56 Å². The summed E-state index contributed by atoms with van der Waals surface area (Å²) >= 11 is 0. The number of amides is 2. The minimum Gasteiger partial charge on any atom is -0.482 e. The molecule has 2 aromatic rings. The fraction of sp³-hybridized carbons (Fsp3) is 0.448. The highest BCUT2D eigenvalue weighted by Crippen LogP contribution is 2.34. The first-order valence-corrected chi connectivity index (χ1v) is 12.8. The summed E-state index contributed by atoms with van der Waals surface area (Å²) in [5.74, 6) is 0.212. The summed E-state index contributed by atoms with van der Waals surface area (Å²) < 4.78 is 11.8. The lowest BCUT2D eigenvalue weighted by Gasteiger charge is -2.44. The Bertz CT molecular complexity index is 1090. The Hall–Kier alpha value is -3.12. The number of nitrogens with zero attached hydrogens (tertiary/aromatic N) is 1. The van der Waals surface area contributed by atoms with E-state index >= 15 is 0 Å². The van der Waals surface area contributed by atoms with Gasteiger partial charge >= 0.3 is 0 Å². The maximum absolute atomic E-state index is 13.5. The summed E-state index contributed by atoms with van der Waals surface area (Å²) in [5, 5.41) is 2.95. The Labute approximate surface area is 207 Å². The molecule has 3 atom stereocenters. The van der Waals surface area contributed by atoms with Crippen molar-refractivity contribution in [2.45, 2.75) is 70.2 Å². The Morgan fingerprint density at radius 2 is 1.91 bits per heavy atom. The molecule has 3 fully saturated rings. The van der Waals surface area contributed by atoms with Crippen LogP contribution in [-0.4, -0.2) is 48.1 Å². The average Bonchev–Trinajstić information content (AvgIpc) is 3.39. The van der Waals surface area contributed by atoms with Gasteiger partial charge in [-0.1, -0.05) is 48.4 Å². The maximum atomic E-state index is 13.5. The highest BCUT2D eigenvalue weighted by molar-refractivity contribution is 5.97. The molecular weight excluding hydrogens is 440 g/mol. The minimum atomic E-state index is -0.112. The number of aryl methyl sites for hydroxylation is 1. The molecule has 2 aromatic carbocycles. The third-order valence-corrected chi connectivity index (χ3v) is 7.24. The normalized spacial score (nSPS) is 25.3. The summed E-state index contributed by atoms with van der Waals surface area (Å²) in [6.07, 6.45) is 8.18. The topological polar surface area (TPSA) is 67.9 Å². The van der Waals surface area contributed by atoms with Crippen LogP contribution in [0.4, 0.5) is 0 Å². The molecule has 3 unspecified atom stereocenters. The molecule has 1 N–H and O–H groups in total. The van der Waals surface area contributed by atoms with Crippen LogP contribution in [0, 0.1) is 6.92 Å². The zero-order valence-corrected chi connectivity index (χ0v) is 20.4. The van der Waals surface area contributed by atoms with Gasteiger partial charge in [-0.3, -0.25) is 9.59 Å². The van der Waals surface area contributed by atoms with E-state index in [0.717, 1.165) is 56.3 Å². The van der Waals surface area contributed by atoms with Gasteiger partial charge in [-0.25, -0.2) is 0 Å². The predicted molar refractivity (Wildman–Crippen MR) is 135 cm³/mol. The molecule has 2 heterocycles. The highest BCUT2D eigenvalue weighted by Gasteiger charge is 2.41. The number of hydrogen-bond acceptors (Lipinski definition) is 4. The van der Waals surface area contributed by atoms with Gasteiger partial charge in [-0.05, 0) is 68.4 Å². The molecule has 2 aliphatic heterocycles. The molecule has 2 saturated heterocycles. The zero-order chi connectivity index (χ0) is 24.2. The van der Waals surface area contributed by atoms with Gasteiger partial charge < -0.3 is 19.7 Å². The van der Waals surface area contributed by atoms with Crippen molar-refractivity contribution in [2.75, 3.05) is 13.2 Å². The first-order valence-electron chi connectivity index (χ1n) is 12.8. The van der Waals surface area contributed by atoms with Crippen LogP contribution in [0.15, 0.2) is 54.3 Å². The average molecular weight is 475 g/mol. The van der Waals surface area contributed by atoms with Gasteiger partial charge in [0.25, 0.3) is 11.8 Å². The number of morpholine rings is 1. The first-order chi connectivity index (χ1) is 17.1. The fourth-order valence-electron chi connectivity index (χ4n) is 5.36. The quantitative estimate of drug-likeness (QED) is 0.621. The monoisotopic (exact) mass is 474 g/mol. The van der Waals surface area contributed by atoms with Crippen LogP contribution >= 0.6 is 0 Å². The van der Waals surface area contributed by atoms with Gasteiger partial charge in [-0.15, -0.1) is 0 Å². The first kappa shape index (κ1) is 23.6. The predicted octanol–water partition coefficient (Wildman–Crippen LogP) is 4.61. The molecule has 5 rings (SSSR count). The fourth-order valence-corrected chi connectivity index (χ4v) is 5.36. The van der Waals surface area contributed by atoms with Gasteiger partial charge in [0.2, 0.25) is 0 Å². The SMILES string of the molecule is Cc1cccc(CN2C(=O)/C(=C\c3ccc(C(=O)NCC4CCCO4)cc3)OC3CCCCC32)c1. The number of ether oxygens (including phenoxy) is 2. The summed E-state index contributed by atoms with van der Waals surface area (Å²) in [6.45, 7) is 3.97. The number of carbonyl (C=O) groups excluding carboxylic acids is 2. The van der Waals surface area contributed by atoms with E-state index < -0.39 is 0 Å². The molecule has 184 valence electrons. The molecule has 0 aromatic heterocycles. The number of carbonyl (C=O) groups is 2. The van der Waals surface area contributed by atoms with E-state index in [0.29, 0.717) is 24.4 Å². The van der Waals surface area contributed by atoms with Crippen LogP contribution in [0.25, 0.3) is 6.08 Å². The molecule has 0 spiro atoms. The number of fused-ring (bicyclic) bond motifs is 1. The van der Waals surface area contributed by atoms with E-state index in [1.54, 1.807) is 12.1 Å². The third kappa shape index (κ3) is 5.59. The van der Waals surface area contributed by atoms with Crippen molar-refractivity contribution in [2.24, 2.45) is 0 Å². The molecule has 2 amide bonds. The second kappa shape index (κ2) is 10.6. The van der Waals surface area contributed by atoms with E-state index in [1.807, 2.05) is 29.2 Å². The van der Waals surface area contributed by atoms with Crippen molar-refractivity contribution < 1.29 is 19.1 Å². The number of hydrogen-bond donors (Lipinski definition) is 1. The van der Waals surface area contributed by atoms with Gasteiger partial charge in [-0.2, -0.15) is 0 Å². The van der Waals surface area contributed by atoms with Crippen molar-refractivity contribution in [3.8, 4) is 0 Å². The number of benzene rings is 2. The second-order valence-corrected chi connectivity index (χ2v) is 9.91. The smallest absolute Gasteiger partial charge is 0.289 e. The standard InChI is InChI=1S/C29H34N2O4/c1-20-6-4-7-22(16-20)19-31-25-9-2-3-10-26(25)35-27(29(31)33)17-21-11-13-23(14-12-21)28(32)30-18-24-8-5-15-34-24/h4,6-7,11-14,16-17,24-26H,2-3,5,8-10,15,18-19H2,1H3,(H,30,32)/b27-17+. The van der Waals surface area contributed by atoms with Crippen molar-refractivity contribution in [1.29, 1.82) is 0 Å². The molecule has 1 aliphatic carbocycles. The Morgan fingerprint density at radius 1 is 1.09 bits per heavy atom.